The fourth-order valence-electron chi connectivity index (χ4n) is 2.96. The van der Waals surface area contributed by atoms with Crippen LogP contribution >= 0.6 is 0 Å². The maximum Gasteiger partial charge on any atom is 0.0558 e. The van der Waals surface area contributed by atoms with Gasteiger partial charge in [0.1, 0.15) is 0 Å². The molecule has 20 heavy (non-hydrogen) atoms. The molecule has 0 saturated heterocycles. The van der Waals surface area contributed by atoms with E-state index in [0.29, 0.717) is 6.61 Å². The van der Waals surface area contributed by atoms with Crippen LogP contribution in [0.2, 0.25) is 0 Å². The van der Waals surface area contributed by atoms with E-state index in [1.165, 1.54) is 64.5 Å². The molecule has 122 valence electrons. The average Bonchev–Trinajstić information content (AvgIpc) is 2.47. The summed E-state index contributed by atoms with van der Waals surface area (Å²) in [6, 6.07) is 0. The zero-order valence-electron chi connectivity index (χ0n) is 14.5. The van der Waals surface area contributed by atoms with Crippen molar-refractivity contribution in [2.24, 2.45) is 11.8 Å². The molecule has 0 fully saturated rings. The molecule has 0 bridgehead atoms. The molecule has 0 saturated carbocycles. The molecule has 0 aromatic carbocycles. The molecule has 0 amide bonds. The van der Waals surface area contributed by atoms with Gasteiger partial charge in [-0.2, -0.15) is 0 Å². The molecule has 0 radical (unpaired) electrons. The summed E-state index contributed by atoms with van der Waals surface area (Å²) < 4.78 is 0. The first-order valence-corrected chi connectivity index (χ1v) is 9.04. The summed E-state index contributed by atoms with van der Waals surface area (Å²) in [7, 11) is 0. The average molecular weight is 286 g/mol. The van der Waals surface area contributed by atoms with E-state index in [0.717, 1.165) is 18.4 Å². The molecule has 2 nitrogen and oxygen atoms in total. The highest BCUT2D eigenvalue weighted by atomic mass is 16.3. The number of hydrogen-bond acceptors (Lipinski definition) is 2. The van der Waals surface area contributed by atoms with Gasteiger partial charge >= 0.3 is 0 Å². The van der Waals surface area contributed by atoms with E-state index in [1.54, 1.807) is 0 Å². The van der Waals surface area contributed by atoms with Crippen LogP contribution in [-0.4, -0.2) is 36.2 Å². The molecule has 0 rings (SSSR count). The second kappa shape index (κ2) is 13.9. The highest BCUT2D eigenvalue weighted by Gasteiger charge is 2.16. The lowest BCUT2D eigenvalue weighted by Gasteiger charge is -2.30. The Balaban J connectivity index is 4.29. The molecule has 1 N–H and O–H groups in total. The minimum absolute atomic E-state index is 0.300. The predicted molar refractivity (Wildman–Crippen MR) is 90.1 cm³/mol. The second-order valence-corrected chi connectivity index (χ2v) is 6.32. The Morgan fingerprint density at radius 3 is 1.55 bits per heavy atom. The molecule has 0 aliphatic rings. The van der Waals surface area contributed by atoms with Crippen molar-refractivity contribution < 1.29 is 5.11 Å². The molecule has 0 heterocycles. The highest BCUT2D eigenvalue weighted by molar-refractivity contribution is 4.69. The Hall–Kier alpha value is -0.0800. The lowest BCUT2D eigenvalue weighted by molar-refractivity contribution is 0.145. The summed E-state index contributed by atoms with van der Waals surface area (Å²) in [5.74, 6) is 1.62. The van der Waals surface area contributed by atoms with Crippen LogP contribution in [0.3, 0.4) is 0 Å². The summed E-state index contributed by atoms with van der Waals surface area (Å²) in [5.41, 5.74) is 0. The van der Waals surface area contributed by atoms with Gasteiger partial charge in [0, 0.05) is 19.6 Å². The van der Waals surface area contributed by atoms with Gasteiger partial charge in [-0.3, -0.25) is 0 Å². The number of hydrogen-bond donors (Lipinski definition) is 1. The number of unbranched alkanes of at least 4 members (excludes halogenated alkanes) is 2. The van der Waals surface area contributed by atoms with E-state index in [-0.39, 0.29) is 0 Å². The Bertz CT molecular complexity index is 178. The standard InChI is InChI=1S/C18H39NO/c1-5-9-11-17(7-3)15-19(13-14-20)16-18(8-4)12-10-6-2/h17-18,20H,5-16H2,1-4H3/t17-,18-/m0/s1. The number of aliphatic hydroxyl groups is 1. The van der Waals surface area contributed by atoms with Crippen LogP contribution in [0.1, 0.15) is 79.1 Å². The number of rotatable bonds is 14. The van der Waals surface area contributed by atoms with Crippen LogP contribution in [0.15, 0.2) is 0 Å². The molecule has 0 unspecified atom stereocenters. The SMILES string of the molecule is CCCC[C@H](CC)CN(CCO)C[C@@H](CC)CCCC. The lowest BCUT2D eigenvalue weighted by Crippen LogP contribution is -2.36. The fourth-order valence-corrected chi connectivity index (χ4v) is 2.96. The maximum atomic E-state index is 9.32. The van der Waals surface area contributed by atoms with E-state index in [4.69, 9.17) is 0 Å². The monoisotopic (exact) mass is 285 g/mol. The maximum absolute atomic E-state index is 9.32. The van der Waals surface area contributed by atoms with Crippen molar-refractivity contribution in [3.05, 3.63) is 0 Å². The van der Waals surface area contributed by atoms with Crippen LogP contribution in [0.25, 0.3) is 0 Å². The third-order valence-corrected chi connectivity index (χ3v) is 4.54. The first-order chi connectivity index (χ1) is 9.71. The van der Waals surface area contributed by atoms with Gasteiger partial charge in [0.15, 0.2) is 0 Å². The summed E-state index contributed by atoms with van der Waals surface area (Å²) in [6.07, 6.45) is 10.5. The van der Waals surface area contributed by atoms with Gasteiger partial charge in [-0.05, 0) is 24.7 Å². The molecule has 0 aromatic heterocycles. The summed E-state index contributed by atoms with van der Waals surface area (Å²) in [5, 5.41) is 9.32. The molecule has 0 aromatic rings. The minimum atomic E-state index is 0.300. The summed E-state index contributed by atoms with van der Waals surface area (Å²) >= 11 is 0. The van der Waals surface area contributed by atoms with E-state index >= 15 is 0 Å². The van der Waals surface area contributed by atoms with Gasteiger partial charge < -0.3 is 10.0 Å². The van der Waals surface area contributed by atoms with Crippen molar-refractivity contribution in [3.8, 4) is 0 Å². The molecule has 0 aliphatic heterocycles. The van der Waals surface area contributed by atoms with E-state index in [1.807, 2.05) is 0 Å². The largest absolute Gasteiger partial charge is 0.395 e. The second-order valence-electron chi connectivity index (χ2n) is 6.32. The van der Waals surface area contributed by atoms with Crippen LogP contribution in [-0.2, 0) is 0 Å². The number of aliphatic hydroxyl groups excluding tert-OH is 1. The summed E-state index contributed by atoms with van der Waals surface area (Å²) in [6.45, 7) is 12.7. The number of nitrogens with zero attached hydrogens (tertiary/aromatic N) is 1. The first-order valence-electron chi connectivity index (χ1n) is 9.04. The van der Waals surface area contributed by atoms with E-state index < -0.39 is 0 Å². The van der Waals surface area contributed by atoms with Crippen molar-refractivity contribution in [2.75, 3.05) is 26.2 Å². The molecule has 2 heteroatoms. The third kappa shape index (κ3) is 9.77. The van der Waals surface area contributed by atoms with Crippen LogP contribution in [0.5, 0.6) is 0 Å². The molecule has 0 spiro atoms. The highest BCUT2D eigenvalue weighted by Crippen LogP contribution is 2.18. The van der Waals surface area contributed by atoms with Crippen molar-refractivity contribution in [1.29, 1.82) is 0 Å². The Morgan fingerprint density at radius 1 is 0.800 bits per heavy atom. The van der Waals surface area contributed by atoms with Gasteiger partial charge in [-0.15, -0.1) is 0 Å². The molecular formula is C18H39NO. The van der Waals surface area contributed by atoms with Crippen LogP contribution in [0.4, 0.5) is 0 Å². The predicted octanol–water partition coefficient (Wildman–Crippen LogP) is 4.71. The quantitative estimate of drug-likeness (QED) is 0.499. The van der Waals surface area contributed by atoms with Gasteiger partial charge in [-0.25, -0.2) is 0 Å². The zero-order chi connectivity index (χ0) is 15.2. The van der Waals surface area contributed by atoms with E-state index in [9.17, 15) is 5.11 Å². The van der Waals surface area contributed by atoms with Gasteiger partial charge in [-0.1, -0.05) is 66.2 Å². The van der Waals surface area contributed by atoms with Crippen molar-refractivity contribution >= 4 is 0 Å². The smallest absolute Gasteiger partial charge is 0.0558 e. The first kappa shape index (κ1) is 19.9. The normalized spacial score (nSPS) is 14.7. The van der Waals surface area contributed by atoms with Gasteiger partial charge in [0.2, 0.25) is 0 Å². The summed E-state index contributed by atoms with van der Waals surface area (Å²) in [4.78, 5) is 2.52. The Morgan fingerprint density at radius 2 is 1.25 bits per heavy atom. The van der Waals surface area contributed by atoms with Crippen LogP contribution in [0, 0.1) is 11.8 Å². The van der Waals surface area contributed by atoms with Gasteiger partial charge in [0.05, 0.1) is 6.61 Å². The van der Waals surface area contributed by atoms with Crippen LogP contribution < -0.4 is 0 Å². The Kier molecular flexibility index (Phi) is 13.8. The van der Waals surface area contributed by atoms with Gasteiger partial charge in [0.25, 0.3) is 0 Å². The minimum Gasteiger partial charge on any atom is -0.395 e. The zero-order valence-corrected chi connectivity index (χ0v) is 14.5. The third-order valence-electron chi connectivity index (χ3n) is 4.54. The fraction of sp³-hybridized carbons (Fsp3) is 1.00. The lowest BCUT2D eigenvalue weighted by atomic mass is 9.96. The van der Waals surface area contributed by atoms with Crippen molar-refractivity contribution in [3.63, 3.8) is 0 Å². The van der Waals surface area contributed by atoms with Crippen molar-refractivity contribution in [1.82, 2.24) is 4.90 Å². The molecule has 0 aliphatic carbocycles. The van der Waals surface area contributed by atoms with Crippen molar-refractivity contribution in [2.45, 2.75) is 79.1 Å². The molecule has 2 atom stereocenters. The molecular weight excluding hydrogens is 246 g/mol. The topological polar surface area (TPSA) is 23.5 Å². The van der Waals surface area contributed by atoms with E-state index in [2.05, 4.69) is 32.6 Å². The Labute approximate surface area is 127 Å².